The number of hydrogen-bond donors (Lipinski definition) is 0. The van der Waals surface area contributed by atoms with Crippen LogP contribution >= 0.6 is 0 Å². The van der Waals surface area contributed by atoms with Crippen molar-refractivity contribution < 1.29 is 14.6 Å². The van der Waals surface area contributed by atoms with E-state index in [9.17, 15) is 14.9 Å². The van der Waals surface area contributed by atoms with Gasteiger partial charge in [-0.25, -0.2) is 4.79 Å². The van der Waals surface area contributed by atoms with Gasteiger partial charge in [0.25, 0.3) is 5.69 Å². The molecular formula is C11H8N2O4. The number of benzene rings is 1. The van der Waals surface area contributed by atoms with Gasteiger partial charge in [0.1, 0.15) is 0 Å². The van der Waals surface area contributed by atoms with E-state index in [1.54, 1.807) is 19.1 Å². The Morgan fingerprint density at radius 3 is 2.82 bits per heavy atom. The molecule has 2 rings (SSSR count). The summed E-state index contributed by atoms with van der Waals surface area (Å²) < 4.78 is 0. The second-order valence-electron chi connectivity index (χ2n) is 3.47. The minimum atomic E-state index is -0.547. The van der Waals surface area contributed by atoms with E-state index >= 15 is 0 Å². The van der Waals surface area contributed by atoms with Crippen LogP contribution in [0.1, 0.15) is 12.5 Å². The quantitative estimate of drug-likeness (QED) is 0.337. The number of carbonyl (C=O) groups excluding carboxylic acids is 1. The van der Waals surface area contributed by atoms with Crippen LogP contribution in [0.2, 0.25) is 0 Å². The largest absolute Gasteiger partial charge is 0.367 e. The minimum absolute atomic E-state index is 0.0275. The molecule has 0 fully saturated rings. The van der Waals surface area contributed by atoms with Gasteiger partial charge >= 0.3 is 5.97 Å². The molecule has 0 spiro atoms. The van der Waals surface area contributed by atoms with Crippen LogP contribution in [0.4, 0.5) is 5.69 Å². The maximum absolute atomic E-state index is 11.3. The smallest absolute Gasteiger partial charge is 0.312 e. The Hall–Kier alpha value is -2.50. The number of hydrogen-bond acceptors (Lipinski definition) is 5. The number of nitro benzene ring substituents is 1. The molecule has 86 valence electrons. The van der Waals surface area contributed by atoms with E-state index in [1.807, 2.05) is 0 Å². The molecule has 6 nitrogen and oxygen atoms in total. The number of rotatable bonds is 2. The third-order valence-corrected chi connectivity index (χ3v) is 2.27. The molecule has 0 radical (unpaired) electrons. The first-order valence-corrected chi connectivity index (χ1v) is 4.80. The summed E-state index contributed by atoms with van der Waals surface area (Å²) in [5.41, 5.74) is 1.30. The Labute approximate surface area is 96.3 Å². The SMILES string of the molecule is CC1=NOC(=O)/C1=C\c1cccc([N+](=O)[O-])c1. The van der Waals surface area contributed by atoms with E-state index in [1.165, 1.54) is 18.2 Å². The van der Waals surface area contributed by atoms with Gasteiger partial charge in [0.05, 0.1) is 16.2 Å². The zero-order valence-corrected chi connectivity index (χ0v) is 8.91. The van der Waals surface area contributed by atoms with Crippen LogP contribution in [-0.2, 0) is 9.63 Å². The fraction of sp³-hybridized carbons (Fsp3) is 0.0909. The van der Waals surface area contributed by atoms with Crippen molar-refractivity contribution in [3.05, 3.63) is 45.5 Å². The van der Waals surface area contributed by atoms with Crippen molar-refractivity contribution in [3.8, 4) is 0 Å². The molecule has 0 saturated heterocycles. The maximum Gasteiger partial charge on any atom is 0.367 e. The average molecular weight is 232 g/mol. The highest BCUT2D eigenvalue weighted by Gasteiger charge is 2.21. The Kier molecular flexibility index (Phi) is 2.70. The van der Waals surface area contributed by atoms with Gasteiger partial charge in [0.2, 0.25) is 0 Å². The number of nitrogens with zero attached hydrogens (tertiary/aromatic N) is 2. The molecule has 0 amide bonds. The van der Waals surface area contributed by atoms with Gasteiger partial charge in [0, 0.05) is 12.1 Å². The predicted octanol–water partition coefficient (Wildman–Crippen LogP) is 1.91. The highest BCUT2D eigenvalue weighted by Crippen LogP contribution is 2.19. The third-order valence-electron chi connectivity index (χ3n) is 2.27. The van der Waals surface area contributed by atoms with Gasteiger partial charge in [0.15, 0.2) is 0 Å². The topological polar surface area (TPSA) is 81.8 Å². The monoisotopic (exact) mass is 232 g/mol. The highest BCUT2D eigenvalue weighted by molar-refractivity contribution is 6.24. The van der Waals surface area contributed by atoms with E-state index in [4.69, 9.17) is 0 Å². The minimum Gasteiger partial charge on any atom is -0.312 e. The molecule has 1 aromatic carbocycles. The molecule has 0 aromatic heterocycles. The average Bonchev–Trinajstić information content (AvgIpc) is 2.61. The van der Waals surface area contributed by atoms with Crippen molar-refractivity contribution in [1.82, 2.24) is 0 Å². The van der Waals surface area contributed by atoms with E-state index in [-0.39, 0.29) is 5.69 Å². The van der Waals surface area contributed by atoms with Crippen molar-refractivity contribution in [2.24, 2.45) is 5.16 Å². The van der Waals surface area contributed by atoms with Crippen molar-refractivity contribution in [2.75, 3.05) is 0 Å². The van der Waals surface area contributed by atoms with Crippen molar-refractivity contribution in [1.29, 1.82) is 0 Å². The molecule has 1 aromatic rings. The first kappa shape index (κ1) is 11.0. The second-order valence-corrected chi connectivity index (χ2v) is 3.47. The zero-order valence-electron chi connectivity index (χ0n) is 8.91. The van der Waals surface area contributed by atoms with E-state index in [2.05, 4.69) is 9.99 Å². The standard InChI is InChI=1S/C11H8N2O4/c1-7-10(11(14)17-12-7)6-8-3-2-4-9(5-8)13(15)16/h2-6H,1H3/b10-6-. The highest BCUT2D eigenvalue weighted by atomic mass is 16.7. The van der Waals surface area contributed by atoms with Crippen molar-refractivity contribution in [3.63, 3.8) is 0 Å². The lowest BCUT2D eigenvalue weighted by molar-refractivity contribution is -0.384. The molecule has 6 heteroatoms. The second kappa shape index (κ2) is 4.17. The van der Waals surface area contributed by atoms with Gasteiger partial charge in [-0.2, -0.15) is 0 Å². The first-order chi connectivity index (χ1) is 8.08. The summed E-state index contributed by atoms with van der Waals surface area (Å²) in [6.07, 6.45) is 1.52. The van der Waals surface area contributed by atoms with Crippen molar-refractivity contribution in [2.45, 2.75) is 6.92 Å². The van der Waals surface area contributed by atoms with Crippen LogP contribution in [0.25, 0.3) is 6.08 Å². The van der Waals surface area contributed by atoms with Gasteiger partial charge in [-0.3, -0.25) is 10.1 Å². The van der Waals surface area contributed by atoms with Gasteiger partial charge in [-0.15, -0.1) is 0 Å². The van der Waals surface area contributed by atoms with Crippen LogP contribution in [0.3, 0.4) is 0 Å². The molecule has 0 aliphatic carbocycles. The zero-order chi connectivity index (χ0) is 12.4. The molecule has 1 aliphatic heterocycles. The Morgan fingerprint density at radius 1 is 1.47 bits per heavy atom. The molecule has 0 N–H and O–H groups in total. The molecule has 1 aliphatic rings. The fourth-order valence-corrected chi connectivity index (χ4v) is 1.41. The number of carbonyl (C=O) groups is 1. The van der Waals surface area contributed by atoms with E-state index in [0.717, 1.165) is 0 Å². The predicted molar refractivity (Wildman–Crippen MR) is 60.3 cm³/mol. The van der Waals surface area contributed by atoms with Crippen LogP contribution in [0.15, 0.2) is 35.0 Å². The summed E-state index contributed by atoms with van der Waals surface area (Å²) in [7, 11) is 0. The summed E-state index contributed by atoms with van der Waals surface area (Å²) in [6.45, 7) is 1.63. The molecule has 1 heterocycles. The third kappa shape index (κ3) is 2.20. The summed E-state index contributed by atoms with van der Waals surface area (Å²) >= 11 is 0. The molecule has 0 bridgehead atoms. The van der Waals surface area contributed by atoms with E-state index in [0.29, 0.717) is 16.8 Å². The molecule has 0 atom stereocenters. The first-order valence-electron chi connectivity index (χ1n) is 4.80. The number of oxime groups is 1. The maximum atomic E-state index is 11.3. The van der Waals surface area contributed by atoms with Crippen LogP contribution in [0, 0.1) is 10.1 Å². The molecule has 0 saturated carbocycles. The lowest BCUT2D eigenvalue weighted by Gasteiger charge is -1.96. The Morgan fingerprint density at radius 2 is 2.24 bits per heavy atom. The van der Waals surface area contributed by atoms with Crippen LogP contribution < -0.4 is 0 Å². The van der Waals surface area contributed by atoms with Gasteiger partial charge in [-0.05, 0) is 18.6 Å². The Bertz CT molecular complexity index is 560. The summed E-state index contributed by atoms with van der Waals surface area (Å²) in [6, 6.07) is 5.98. The summed E-state index contributed by atoms with van der Waals surface area (Å²) in [5, 5.41) is 14.1. The number of non-ortho nitro benzene ring substituents is 1. The fourth-order valence-electron chi connectivity index (χ4n) is 1.41. The lowest BCUT2D eigenvalue weighted by atomic mass is 10.1. The van der Waals surface area contributed by atoms with Gasteiger partial charge in [-0.1, -0.05) is 17.3 Å². The molecule has 0 unspecified atom stereocenters. The Balaban J connectivity index is 2.39. The lowest BCUT2D eigenvalue weighted by Crippen LogP contribution is -2.01. The number of nitro groups is 1. The molecule has 17 heavy (non-hydrogen) atoms. The summed E-state index contributed by atoms with van der Waals surface area (Å²) in [5.74, 6) is -0.547. The van der Waals surface area contributed by atoms with E-state index < -0.39 is 10.9 Å². The van der Waals surface area contributed by atoms with Gasteiger partial charge < -0.3 is 4.84 Å². The molecular weight excluding hydrogens is 224 g/mol. The van der Waals surface area contributed by atoms with Crippen LogP contribution in [0.5, 0.6) is 0 Å². The van der Waals surface area contributed by atoms with Crippen LogP contribution in [-0.4, -0.2) is 16.6 Å². The van der Waals surface area contributed by atoms with Crippen molar-refractivity contribution >= 4 is 23.4 Å². The normalized spacial score (nSPS) is 16.9. The summed E-state index contributed by atoms with van der Waals surface area (Å²) in [4.78, 5) is 25.8.